The second-order valence-electron chi connectivity index (χ2n) is 4.69. The predicted octanol–water partition coefficient (Wildman–Crippen LogP) is 1.67. The first-order chi connectivity index (χ1) is 7.64. The minimum Gasteiger partial charge on any atom is -0.481 e. The summed E-state index contributed by atoms with van der Waals surface area (Å²) < 4.78 is 5.18. The van der Waals surface area contributed by atoms with Crippen LogP contribution in [0.4, 0.5) is 0 Å². The van der Waals surface area contributed by atoms with E-state index in [-0.39, 0.29) is 6.61 Å². The highest BCUT2D eigenvalue weighted by molar-refractivity contribution is 5.75. The van der Waals surface area contributed by atoms with E-state index in [9.17, 15) is 9.90 Å². The fraction of sp³-hybridized carbons (Fsp3) is 0.917. The van der Waals surface area contributed by atoms with Gasteiger partial charge in [-0.05, 0) is 31.6 Å². The Morgan fingerprint density at radius 2 is 2.25 bits per heavy atom. The van der Waals surface area contributed by atoms with Crippen molar-refractivity contribution in [3.8, 4) is 0 Å². The molecule has 1 saturated carbocycles. The number of rotatable bonds is 7. The molecule has 0 aliphatic heterocycles. The summed E-state index contributed by atoms with van der Waals surface area (Å²) in [6.07, 6.45) is 4.19. The zero-order valence-corrected chi connectivity index (χ0v) is 9.95. The molecule has 0 saturated heterocycles. The van der Waals surface area contributed by atoms with Gasteiger partial charge < -0.3 is 14.9 Å². The molecule has 0 heterocycles. The van der Waals surface area contributed by atoms with E-state index in [1.165, 1.54) is 0 Å². The summed E-state index contributed by atoms with van der Waals surface area (Å²) in [5.74, 6) is -0.134. The number of carboxylic acid groups (broad SMARTS) is 1. The van der Waals surface area contributed by atoms with Crippen LogP contribution in [0.25, 0.3) is 0 Å². The second kappa shape index (κ2) is 6.21. The van der Waals surface area contributed by atoms with Crippen molar-refractivity contribution in [2.24, 2.45) is 11.3 Å². The number of aliphatic hydroxyl groups is 1. The largest absolute Gasteiger partial charge is 0.481 e. The van der Waals surface area contributed by atoms with Crippen LogP contribution in [0.15, 0.2) is 0 Å². The average Bonchev–Trinajstić information content (AvgIpc) is 2.69. The predicted molar refractivity (Wildman–Crippen MR) is 60.2 cm³/mol. The summed E-state index contributed by atoms with van der Waals surface area (Å²) in [6.45, 7) is 2.85. The van der Waals surface area contributed by atoms with Gasteiger partial charge in [-0.15, -0.1) is 0 Å². The van der Waals surface area contributed by atoms with E-state index in [2.05, 4.69) is 6.92 Å². The topological polar surface area (TPSA) is 66.8 Å². The molecule has 0 radical (unpaired) electrons. The molecule has 0 bridgehead atoms. The molecule has 0 aromatic carbocycles. The Labute approximate surface area is 96.6 Å². The quantitative estimate of drug-likeness (QED) is 0.653. The number of ether oxygens (including phenoxy) is 1. The van der Waals surface area contributed by atoms with Crippen molar-refractivity contribution >= 4 is 5.97 Å². The highest BCUT2D eigenvalue weighted by atomic mass is 16.5. The number of hydrogen-bond acceptors (Lipinski definition) is 3. The Kier molecular flexibility index (Phi) is 5.22. The molecule has 2 unspecified atom stereocenters. The van der Waals surface area contributed by atoms with Crippen LogP contribution in [0.1, 0.15) is 39.0 Å². The molecule has 16 heavy (non-hydrogen) atoms. The van der Waals surface area contributed by atoms with Crippen molar-refractivity contribution in [1.29, 1.82) is 0 Å². The molecule has 94 valence electrons. The van der Waals surface area contributed by atoms with Gasteiger partial charge in [-0.25, -0.2) is 0 Å². The zero-order chi connectivity index (χ0) is 12.0. The number of carbonyl (C=O) groups is 1. The fourth-order valence-electron chi connectivity index (χ4n) is 2.55. The van der Waals surface area contributed by atoms with E-state index in [4.69, 9.17) is 9.84 Å². The maximum absolute atomic E-state index is 11.3. The second-order valence-corrected chi connectivity index (χ2v) is 4.69. The molecular formula is C12H22O4. The molecule has 0 spiro atoms. The standard InChI is InChI=1S/C12H22O4/c1-2-10-3-4-12(9-10,11(14)15)5-7-16-8-6-13/h10,13H,2-9H2,1H3,(H,14,15). The van der Waals surface area contributed by atoms with Gasteiger partial charge in [0.25, 0.3) is 0 Å². The van der Waals surface area contributed by atoms with Gasteiger partial charge in [-0.3, -0.25) is 4.79 Å². The molecule has 0 aromatic rings. The van der Waals surface area contributed by atoms with E-state index in [0.717, 1.165) is 25.7 Å². The van der Waals surface area contributed by atoms with Crippen LogP contribution in [0.5, 0.6) is 0 Å². The average molecular weight is 230 g/mol. The monoisotopic (exact) mass is 230 g/mol. The molecule has 0 amide bonds. The van der Waals surface area contributed by atoms with Crippen LogP contribution in [-0.4, -0.2) is 36.0 Å². The normalized spacial score (nSPS) is 29.5. The third kappa shape index (κ3) is 3.19. The smallest absolute Gasteiger partial charge is 0.309 e. The van der Waals surface area contributed by atoms with Gasteiger partial charge in [0, 0.05) is 6.61 Å². The van der Waals surface area contributed by atoms with Crippen LogP contribution >= 0.6 is 0 Å². The van der Waals surface area contributed by atoms with Crippen LogP contribution < -0.4 is 0 Å². The lowest BCUT2D eigenvalue weighted by Gasteiger charge is -2.24. The fourth-order valence-corrected chi connectivity index (χ4v) is 2.55. The third-order valence-electron chi connectivity index (χ3n) is 3.70. The van der Waals surface area contributed by atoms with Gasteiger partial charge >= 0.3 is 5.97 Å². The van der Waals surface area contributed by atoms with Crippen LogP contribution in [0, 0.1) is 11.3 Å². The van der Waals surface area contributed by atoms with Crippen molar-refractivity contribution in [2.45, 2.75) is 39.0 Å². The van der Waals surface area contributed by atoms with Gasteiger partial charge in [-0.2, -0.15) is 0 Å². The van der Waals surface area contributed by atoms with Crippen molar-refractivity contribution in [3.05, 3.63) is 0 Å². The molecule has 2 N–H and O–H groups in total. The van der Waals surface area contributed by atoms with Crippen LogP contribution in [0.2, 0.25) is 0 Å². The number of carboxylic acids is 1. The number of aliphatic hydroxyl groups excluding tert-OH is 1. The van der Waals surface area contributed by atoms with E-state index in [1.54, 1.807) is 0 Å². The van der Waals surface area contributed by atoms with Gasteiger partial charge in [0.1, 0.15) is 0 Å². The third-order valence-corrected chi connectivity index (χ3v) is 3.70. The lowest BCUT2D eigenvalue weighted by Crippen LogP contribution is -2.30. The van der Waals surface area contributed by atoms with Crippen molar-refractivity contribution in [2.75, 3.05) is 19.8 Å². The lowest BCUT2D eigenvalue weighted by atomic mass is 9.82. The first-order valence-corrected chi connectivity index (χ1v) is 6.06. The summed E-state index contributed by atoms with van der Waals surface area (Å²) in [7, 11) is 0. The van der Waals surface area contributed by atoms with Crippen LogP contribution in [-0.2, 0) is 9.53 Å². The van der Waals surface area contributed by atoms with Crippen molar-refractivity contribution in [1.82, 2.24) is 0 Å². The molecular weight excluding hydrogens is 208 g/mol. The van der Waals surface area contributed by atoms with Crippen molar-refractivity contribution < 1.29 is 19.7 Å². The molecule has 4 nitrogen and oxygen atoms in total. The maximum atomic E-state index is 11.3. The number of aliphatic carboxylic acids is 1. The molecule has 1 fully saturated rings. The van der Waals surface area contributed by atoms with Gasteiger partial charge in [-0.1, -0.05) is 13.3 Å². The SMILES string of the molecule is CCC1CCC(CCOCCO)(C(=O)O)C1. The Hall–Kier alpha value is -0.610. The highest BCUT2D eigenvalue weighted by Gasteiger charge is 2.44. The minimum absolute atomic E-state index is 0.00232. The lowest BCUT2D eigenvalue weighted by molar-refractivity contribution is -0.150. The molecule has 1 aliphatic rings. The summed E-state index contributed by atoms with van der Waals surface area (Å²) in [6, 6.07) is 0. The molecule has 2 atom stereocenters. The van der Waals surface area contributed by atoms with Gasteiger partial charge in [0.05, 0.1) is 18.6 Å². The summed E-state index contributed by atoms with van der Waals surface area (Å²) in [5, 5.41) is 17.9. The summed E-state index contributed by atoms with van der Waals surface area (Å²) in [5.41, 5.74) is -0.573. The van der Waals surface area contributed by atoms with E-state index < -0.39 is 11.4 Å². The first kappa shape index (κ1) is 13.5. The summed E-state index contributed by atoms with van der Waals surface area (Å²) >= 11 is 0. The Morgan fingerprint density at radius 1 is 1.50 bits per heavy atom. The Balaban J connectivity index is 2.45. The Bertz CT molecular complexity index is 229. The number of hydrogen-bond donors (Lipinski definition) is 2. The molecule has 1 aliphatic carbocycles. The van der Waals surface area contributed by atoms with Gasteiger partial charge in [0.15, 0.2) is 0 Å². The molecule has 1 rings (SSSR count). The molecule has 0 aromatic heterocycles. The van der Waals surface area contributed by atoms with E-state index in [1.807, 2.05) is 0 Å². The van der Waals surface area contributed by atoms with Crippen LogP contribution in [0.3, 0.4) is 0 Å². The minimum atomic E-state index is -0.684. The van der Waals surface area contributed by atoms with E-state index >= 15 is 0 Å². The first-order valence-electron chi connectivity index (χ1n) is 6.06. The van der Waals surface area contributed by atoms with E-state index in [0.29, 0.717) is 25.6 Å². The molecule has 4 heteroatoms. The highest BCUT2D eigenvalue weighted by Crippen LogP contribution is 2.45. The zero-order valence-electron chi connectivity index (χ0n) is 9.95. The summed E-state index contributed by atoms with van der Waals surface area (Å²) in [4.78, 5) is 11.3. The van der Waals surface area contributed by atoms with Crippen molar-refractivity contribution in [3.63, 3.8) is 0 Å². The van der Waals surface area contributed by atoms with Gasteiger partial charge in [0.2, 0.25) is 0 Å². The Morgan fingerprint density at radius 3 is 2.75 bits per heavy atom. The maximum Gasteiger partial charge on any atom is 0.309 e.